The molecule has 1 aromatic carbocycles. The van der Waals surface area contributed by atoms with Gasteiger partial charge < -0.3 is 14.7 Å². The maximum atomic E-state index is 13.4. The first kappa shape index (κ1) is 15.7. The Morgan fingerprint density at radius 2 is 2.23 bits per heavy atom. The van der Waals surface area contributed by atoms with Crippen LogP contribution in [0.2, 0.25) is 0 Å². The number of nitro benzene ring substituents is 1. The molecule has 9 heteroatoms. The number of rotatable bonds is 5. The van der Waals surface area contributed by atoms with E-state index in [1.54, 1.807) is 0 Å². The van der Waals surface area contributed by atoms with Crippen molar-refractivity contribution in [2.75, 3.05) is 19.7 Å². The van der Waals surface area contributed by atoms with E-state index in [4.69, 9.17) is 9.84 Å². The summed E-state index contributed by atoms with van der Waals surface area (Å²) < 4.78 is 18.5. The van der Waals surface area contributed by atoms with Crippen LogP contribution in [0.25, 0.3) is 0 Å². The number of nitrogens with zero attached hydrogens (tertiary/aromatic N) is 2. The highest BCUT2D eigenvalue weighted by Gasteiger charge is 2.30. The molecule has 0 saturated carbocycles. The lowest BCUT2D eigenvalue weighted by atomic mass is 10.1. The molecule has 1 atom stereocenters. The number of benzene rings is 1. The van der Waals surface area contributed by atoms with Crippen molar-refractivity contribution in [1.82, 2.24) is 4.90 Å². The van der Waals surface area contributed by atoms with Gasteiger partial charge in [-0.2, -0.15) is 4.39 Å². The minimum atomic E-state index is -1.05. The molecule has 1 amide bonds. The van der Waals surface area contributed by atoms with Crippen LogP contribution in [-0.2, 0) is 9.59 Å². The number of amides is 1. The predicted molar refractivity (Wildman–Crippen MR) is 70.9 cm³/mol. The van der Waals surface area contributed by atoms with Crippen LogP contribution in [0.1, 0.15) is 6.42 Å². The predicted octanol–water partition coefficient (Wildman–Crippen LogP) is 1.05. The van der Waals surface area contributed by atoms with E-state index in [1.165, 1.54) is 11.0 Å². The molecule has 22 heavy (non-hydrogen) atoms. The van der Waals surface area contributed by atoms with Gasteiger partial charge in [-0.15, -0.1) is 0 Å². The lowest BCUT2D eigenvalue weighted by molar-refractivity contribution is -0.387. The number of hydrogen-bond acceptors (Lipinski definition) is 5. The van der Waals surface area contributed by atoms with Gasteiger partial charge >= 0.3 is 11.7 Å². The lowest BCUT2D eigenvalue weighted by Crippen LogP contribution is -2.33. The molecular formula is C13H13FN2O6. The van der Waals surface area contributed by atoms with Gasteiger partial charge in [0.25, 0.3) is 5.91 Å². The van der Waals surface area contributed by atoms with Crippen LogP contribution in [0.5, 0.6) is 5.75 Å². The van der Waals surface area contributed by atoms with E-state index in [-0.39, 0.29) is 18.9 Å². The molecule has 1 saturated heterocycles. The van der Waals surface area contributed by atoms with Crippen LogP contribution in [0.3, 0.4) is 0 Å². The van der Waals surface area contributed by atoms with E-state index in [1.807, 2.05) is 0 Å². The number of hydrogen-bond donors (Lipinski definition) is 1. The molecule has 0 radical (unpaired) electrons. The maximum Gasteiger partial charge on any atom is 0.308 e. The summed E-state index contributed by atoms with van der Waals surface area (Å²) in [7, 11) is 0. The Morgan fingerprint density at radius 3 is 2.77 bits per heavy atom. The molecule has 1 aliphatic heterocycles. The SMILES string of the molecule is O=C(O)C1CCN(C(=O)COc2ccc([N+](=O)[O-])c(F)c2)C1. The quantitative estimate of drug-likeness (QED) is 0.642. The number of halogens is 1. The summed E-state index contributed by atoms with van der Waals surface area (Å²) in [5.74, 6) is -3.01. The number of carbonyl (C=O) groups excluding carboxylic acids is 1. The largest absolute Gasteiger partial charge is 0.484 e. The van der Waals surface area contributed by atoms with Crippen molar-refractivity contribution in [1.29, 1.82) is 0 Å². The zero-order valence-electron chi connectivity index (χ0n) is 11.4. The lowest BCUT2D eigenvalue weighted by Gasteiger charge is -2.16. The van der Waals surface area contributed by atoms with E-state index in [9.17, 15) is 24.1 Å². The second kappa shape index (κ2) is 6.37. The fourth-order valence-corrected chi connectivity index (χ4v) is 2.15. The molecule has 2 rings (SSSR count). The third-order valence-electron chi connectivity index (χ3n) is 3.37. The van der Waals surface area contributed by atoms with E-state index < -0.39 is 34.2 Å². The second-order valence-electron chi connectivity index (χ2n) is 4.82. The minimum absolute atomic E-state index is 0.00886. The fourth-order valence-electron chi connectivity index (χ4n) is 2.15. The first-order valence-electron chi connectivity index (χ1n) is 6.46. The van der Waals surface area contributed by atoms with Gasteiger partial charge in [-0.25, -0.2) is 0 Å². The van der Waals surface area contributed by atoms with Crippen LogP contribution < -0.4 is 4.74 Å². The van der Waals surface area contributed by atoms with Crippen molar-refractivity contribution in [2.24, 2.45) is 5.92 Å². The number of ether oxygens (including phenoxy) is 1. The Labute approximate surface area is 124 Å². The highest BCUT2D eigenvalue weighted by atomic mass is 19.1. The zero-order chi connectivity index (χ0) is 16.3. The summed E-state index contributed by atoms with van der Waals surface area (Å²) in [6, 6.07) is 2.97. The van der Waals surface area contributed by atoms with Crippen LogP contribution in [-0.4, -0.2) is 46.5 Å². The van der Waals surface area contributed by atoms with Crippen LogP contribution in [0.15, 0.2) is 18.2 Å². The Kier molecular flexibility index (Phi) is 4.54. The zero-order valence-corrected chi connectivity index (χ0v) is 11.4. The average Bonchev–Trinajstić information content (AvgIpc) is 2.94. The van der Waals surface area contributed by atoms with Gasteiger partial charge in [0.15, 0.2) is 6.61 Å². The van der Waals surface area contributed by atoms with Gasteiger partial charge in [0.2, 0.25) is 5.82 Å². The molecule has 0 aliphatic carbocycles. The number of nitro groups is 1. The molecular weight excluding hydrogens is 299 g/mol. The van der Waals surface area contributed by atoms with Crippen LogP contribution in [0.4, 0.5) is 10.1 Å². The molecule has 8 nitrogen and oxygen atoms in total. The van der Waals surface area contributed by atoms with E-state index in [2.05, 4.69) is 0 Å². The molecule has 1 heterocycles. The Hall–Kier alpha value is -2.71. The number of carboxylic acid groups (broad SMARTS) is 1. The summed E-state index contributed by atoms with van der Waals surface area (Å²) in [5.41, 5.74) is -0.678. The smallest absolute Gasteiger partial charge is 0.308 e. The van der Waals surface area contributed by atoms with Crippen LogP contribution in [0, 0.1) is 21.8 Å². The molecule has 1 fully saturated rings. The van der Waals surface area contributed by atoms with E-state index >= 15 is 0 Å². The number of aliphatic carboxylic acids is 1. The molecule has 118 valence electrons. The average molecular weight is 312 g/mol. The first-order chi connectivity index (χ1) is 10.4. The third kappa shape index (κ3) is 3.48. The van der Waals surface area contributed by atoms with Crippen molar-refractivity contribution in [2.45, 2.75) is 6.42 Å². The second-order valence-corrected chi connectivity index (χ2v) is 4.82. The van der Waals surface area contributed by atoms with E-state index in [0.29, 0.717) is 13.0 Å². The fraction of sp³-hybridized carbons (Fsp3) is 0.385. The van der Waals surface area contributed by atoms with Crippen molar-refractivity contribution in [3.05, 3.63) is 34.1 Å². The molecule has 1 unspecified atom stereocenters. The van der Waals surface area contributed by atoms with Gasteiger partial charge in [0.1, 0.15) is 5.75 Å². The topological polar surface area (TPSA) is 110 Å². The Bertz CT molecular complexity index is 621. The number of carboxylic acids is 1. The summed E-state index contributed by atoms with van der Waals surface area (Å²) in [6.07, 6.45) is 0.382. The number of likely N-dealkylation sites (tertiary alicyclic amines) is 1. The van der Waals surface area contributed by atoms with Gasteiger partial charge in [0.05, 0.1) is 10.8 Å². The normalized spacial score (nSPS) is 17.3. The third-order valence-corrected chi connectivity index (χ3v) is 3.37. The maximum absolute atomic E-state index is 13.4. The van der Waals surface area contributed by atoms with E-state index in [0.717, 1.165) is 12.1 Å². The molecule has 0 bridgehead atoms. The summed E-state index contributed by atoms with van der Waals surface area (Å²) >= 11 is 0. The number of carbonyl (C=O) groups is 2. The summed E-state index contributed by atoms with van der Waals surface area (Å²) in [4.78, 5) is 33.6. The molecule has 0 spiro atoms. The Balaban J connectivity index is 1.90. The highest BCUT2D eigenvalue weighted by Crippen LogP contribution is 2.22. The summed E-state index contributed by atoms with van der Waals surface area (Å²) in [5, 5.41) is 19.3. The first-order valence-corrected chi connectivity index (χ1v) is 6.46. The molecule has 1 aliphatic rings. The van der Waals surface area contributed by atoms with Crippen LogP contribution >= 0.6 is 0 Å². The van der Waals surface area contributed by atoms with Gasteiger partial charge in [0, 0.05) is 25.2 Å². The minimum Gasteiger partial charge on any atom is -0.484 e. The van der Waals surface area contributed by atoms with Gasteiger partial charge in [-0.3, -0.25) is 19.7 Å². The molecule has 1 N–H and O–H groups in total. The van der Waals surface area contributed by atoms with Gasteiger partial charge in [-0.05, 0) is 12.5 Å². The monoisotopic (exact) mass is 312 g/mol. The standard InChI is InChI=1S/C13H13FN2O6/c14-10-5-9(1-2-11(10)16(20)21)22-7-12(17)15-4-3-8(6-15)13(18)19/h1-2,5,8H,3-4,6-7H2,(H,18,19). The molecule has 1 aromatic rings. The van der Waals surface area contributed by atoms with Crippen molar-refractivity contribution in [3.63, 3.8) is 0 Å². The van der Waals surface area contributed by atoms with Crippen molar-refractivity contribution in [3.8, 4) is 5.75 Å². The highest BCUT2D eigenvalue weighted by molar-refractivity contribution is 5.80. The Morgan fingerprint density at radius 1 is 1.50 bits per heavy atom. The van der Waals surface area contributed by atoms with Crippen molar-refractivity contribution < 1.29 is 28.7 Å². The summed E-state index contributed by atoms with van der Waals surface area (Å²) in [6.45, 7) is 0.0590. The molecule has 0 aromatic heterocycles. The van der Waals surface area contributed by atoms with Crippen molar-refractivity contribution >= 4 is 17.6 Å². The van der Waals surface area contributed by atoms with Gasteiger partial charge in [-0.1, -0.05) is 0 Å².